The molecule has 0 aromatic heterocycles. The van der Waals surface area contributed by atoms with Gasteiger partial charge in [-0.15, -0.1) is 0 Å². The van der Waals surface area contributed by atoms with Crippen LogP contribution in [0.5, 0.6) is 0 Å². The molecule has 1 aliphatic heterocycles. The predicted octanol–water partition coefficient (Wildman–Crippen LogP) is 1.66. The second-order valence-electron chi connectivity index (χ2n) is 3.38. The highest BCUT2D eigenvalue weighted by Crippen LogP contribution is 2.28. The van der Waals surface area contributed by atoms with Crippen LogP contribution in [-0.4, -0.2) is 0 Å². The number of fused-ring (bicyclic) bond motifs is 1. The highest BCUT2D eigenvalue weighted by atomic mass is 35.5. The Balaban J connectivity index is 2.72. The summed E-state index contributed by atoms with van der Waals surface area (Å²) >= 11 is 9.78. The van der Waals surface area contributed by atoms with Gasteiger partial charge in [0.05, 0.1) is 16.1 Å². The molecule has 3 rings (SSSR count). The van der Waals surface area contributed by atoms with Gasteiger partial charge in [0.25, 0.3) is 0 Å². The van der Waals surface area contributed by atoms with E-state index in [-0.39, 0.29) is 27.1 Å². The molecule has 1 aromatic carbocycles. The van der Waals surface area contributed by atoms with E-state index < -0.39 is 0 Å². The van der Waals surface area contributed by atoms with Crippen molar-refractivity contribution in [3.8, 4) is 0 Å². The SMILES string of the molecule is O=c1c2oc=2c(=O)c2c(NS)c(Cl)ccc12. The molecule has 0 unspecified atom stereocenters. The van der Waals surface area contributed by atoms with E-state index >= 15 is 0 Å². The summed E-state index contributed by atoms with van der Waals surface area (Å²) < 4.78 is 7.39. The molecule has 1 heterocycles. The fourth-order valence-electron chi connectivity index (χ4n) is 1.72. The molecule has 0 saturated carbocycles. The van der Waals surface area contributed by atoms with Crippen LogP contribution in [0.1, 0.15) is 0 Å². The molecule has 0 bridgehead atoms. The molecule has 2 aliphatic rings. The predicted molar refractivity (Wildman–Crippen MR) is 64.0 cm³/mol. The number of anilines is 1. The number of halogens is 1. The summed E-state index contributed by atoms with van der Waals surface area (Å²) in [6.07, 6.45) is 0. The summed E-state index contributed by atoms with van der Waals surface area (Å²) in [5, 5.41) is 0.852. The lowest BCUT2D eigenvalue weighted by molar-refractivity contribution is 0.636. The van der Waals surface area contributed by atoms with E-state index in [2.05, 4.69) is 17.5 Å². The third-order valence-corrected chi connectivity index (χ3v) is 3.06. The zero-order chi connectivity index (χ0) is 11.4. The third kappa shape index (κ3) is 1.07. The minimum Gasteiger partial charge on any atom is -0.441 e. The first-order valence-corrected chi connectivity index (χ1v) is 5.21. The molecule has 16 heavy (non-hydrogen) atoms. The third-order valence-electron chi connectivity index (χ3n) is 2.52. The van der Waals surface area contributed by atoms with Crippen LogP contribution >= 0.6 is 24.4 Å². The van der Waals surface area contributed by atoms with E-state index in [0.29, 0.717) is 16.1 Å². The number of rotatable bonds is 1. The van der Waals surface area contributed by atoms with Crippen molar-refractivity contribution in [1.82, 2.24) is 0 Å². The van der Waals surface area contributed by atoms with Gasteiger partial charge in [-0.2, -0.15) is 0 Å². The van der Waals surface area contributed by atoms with Gasteiger partial charge in [0.1, 0.15) is 0 Å². The van der Waals surface area contributed by atoms with Crippen molar-refractivity contribution < 1.29 is 4.42 Å². The Morgan fingerprint density at radius 2 is 1.88 bits per heavy atom. The zero-order valence-corrected chi connectivity index (χ0v) is 9.35. The molecule has 0 spiro atoms. The van der Waals surface area contributed by atoms with Crippen molar-refractivity contribution >= 4 is 40.9 Å². The van der Waals surface area contributed by atoms with E-state index in [1.165, 1.54) is 12.1 Å². The topological polar surface area (TPSA) is 59.3 Å². The van der Waals surface area contributed by atoms with Crippen molar-refractivity contribution in [3.05, 3.63) is 48.4 Å². The number of nitrogens with one attached hydrogen (secondary N) is 1. The first kappa shape index (κ1) is 9.74. The van der Waals surface area contributed by atoms with Gasteiger partial charge in [0, 0.05) is 5.39 Å². The minimum absolute atomic E-state index is 0.115. The first-order chi connectivity index (χ1) is 7.65. The maximum atomic E-state index is 11.9. The second kappa shape index (κ2) is 3.02. The van der Waals surface area contributed by atoms with Gasteiger partial charge < -0.3 is 9.14 Å². The standard InChI is InChI=1S/C10H4ClNO3S/c11-4-2-1-3-5(6(4)12-16)8(14)10-9(15-10)7(3)13/h1-2,12,16H. The molecule has 6 heteroatoms. The average Bonchev–Trinajstić information content (AvgIpc) is 3.05. The Bertz CT molecular complexity index is 844. The van der Waals surface area contributed by atoms with E-state index in [1.54, 1.807) is 0 Å². The maximum Gasteiger partial charge on any atom is 0.235 e. The smallest absolute Gasteiger partial charge is 0.235 e. The normalized spacial score (nSPS) is 11.6. The average molecular weight is 254 g/mol. The zero-order valence-electron chi connectivity index (χ0n) is 7.70. The quantitative estimate of drug-likeness (QED) is 0.648. The monoisotopic (exact) mass is 253 g/mol. The summed E-state index contributed by atoms with van der Waals surface area (Å²) in [5.74, 6) is 0. The number of benzene rings is 1. The Morgan fingerprint density at radius 3 is 2.56 bits per heavy atom. The summed E-state index contributed by atoms with van der Waals surface area (Å²) in [5.41, 5.74) is -0.0211. The van der Waals surface area contributed by atoms with Crippen LogP contribution in [-0.2, 0) is 0 Å². The fraction of sp³-hybridized carbons (Fsp3) is 0. The lowest BCUT2D eigenvalue weighted by Gasteiger charge is -2.04. The molecule has 0 fully saturated rings. The second-order valence-corrected chi connectivity index (χ2v) is 4.01. The highest BCUT2D eigenvalue weighted by molar-refractivity contribution is 7.81. The van der Waals surface area contributed by atoms with Gasteiger partial charge in [-0.05, 0) is 12.1 Å². The molecule has 1 aliphatic carbocycles. The van der Waals surface area contributed by atoms with Crippen LogP contribution in [0.4, 0.5) is 5.69 Å². The molecule has 0 radical (unpaired) electrons. The molecule has 80 valence electrons. The van der Waals surface area contributed by atoms with Gasteiger partial charge >= 0.3 is 0 Å². The Morgan fingerprint density at radius 1 is 1.19 bits per heavy atom. The number of thiol groups is 1. The van der Waals surface area contributed by atoms with Crippen LogP contribution in [0.15, 0.2) is 26.1 Å². The lowest BCUT2D eigenvalue weighted by atomic mass is 10.1. The van der Waals surface area contributed by atoms with Crippen molar-refractivity contribution in [2.75, 3.05) is 4.72 Å². The Labute approximate surface area is 98.7 Å². The lowest BCUT2D eigenvalue weighted by Crippen LogP contribution is -2.09. The first-order valence-electron chi connectivity index (χ1n) is 4.39. The summed E-state index contributed by atoms with van der Waals surface area (Å²) in [7, 11) is 0. The van der Waals surface area contributed by atoms with Crippen molar-refractivity contribution in [1.29, 1.82) is 0 Å². The fourth-order valence-corrected chi connectivity index (χ4v) is 2.23. The van der Waals surface area contributed by atoms with E-state index in [9.17, 15) is 9.59 Å². The summed E-state index contributed by atoms with van der Waals surface area (Å²) in [6, 6.07) is 3.05. The van der Waals surface area contributed by atoms with Crippen LogP contribution in [0.3, 0.4) is 0 Å². The van der Waals surface area contributed by atoms with Crippen molar-refractivity contribution in [3.63, 3.8) is 0 Å². The van der Waals surface area contributed by atoms with E-state index in [4.69, 9.17) is 16.0 Å². The van der Waals surface area contributed by atoms with E-state index in [0.717, 1.165) is 0 Å². The van der Waals surface area contributed by atoms with Crippen LogP contribution in [0, 0.1) is 10.8 Å². The Kier molecular flexibility index (Phi) is 1.84. The summed E-state index contributed by atoms with van der Waals surface area (Å²) in [4.78, 5) is 23.6. The van der Waals surface area contributed by atoms with E-state index in [1.807, 2.05) is 0 Å². The van der Waals surface area contributed by atoms with Crippen LogP contribution in [0.25, 0.3) is 10.8 Å². The molecular formula is C10H4ClNO3S. The largest absolute Gasteiger partial charge is 0.441 e. The number of hydrogen-bond donors (Lipinski definition) is 2. The van der Waals surface area contributed by atoms with Crippen LogP contribution < -0.4 is 15.6 Å². The molecule has 4 nitrogen and oxygen atoms in total. The maximum absolute atomic E-state index is 11.9. The highest BCUT2D eigenvalue weighted by Gasteiger charge is 2.19. The van der Waals surface area contributed by atoms with Gasteiger partial charge in [-0.3, -0.25) is 9.59 Å². The van der Waals surface area contributed by atoms with Crippen LogP contribution in [0.2, 0.25) is 5.02 Å². The molecule has 0 saturated heterocycles. The molecule has 1 aromatic rings. The summed E-state index contributed by atoms with van der Waals surface area (Å²) in [6.45, 7) is 0. The molecule has 0 atom stereocenters. The molecule has 1 N–H and O–H groups in total. The van der Waals surface area contributed by atoms with Crippen molar-refractivity contribution in [2.24, 2.45) is 0 Å². The van der Waals surface area contributed by atoms with Gasteiger partial charge in [-0.1, -0.05) is 24.4 Å². The minimum atomic E-state index is -0.330. The molecule has 0 amide bonds. The van der Waals surface area contributed by atoms with Crippen molar-refractivity contribution in [2.45, 2.75) is 0 Å². The Hall–Kier alpha value is -1.46. The molecular weight excluding hydrogens is 250 g/mol. The number of hydrogen-bond acceptors (Lipinski definition) is 5. The van der Waals surface area contributed by atoms with Gasteiger partial charge in [0.2, 0.25) is 21.7 Å². The van der Waals surface area contributed by atoms with Gasteiger partial charge in [-0.25, -0.2) is 0 Å². The van der Waals surface area contributed by atoms with Gasteiger partial charge in [0.15, 0.2) is 0 Å².